The van der Waals surface area contributed by atoms with Crippen LogP contribution in [-0.2, 0) is 9.59 Å². The lowest BCUT2D eigenvalue weighted by molar-refractivity contribution is -0.135. The van der Waals surface area contributed by atoms with Gasteiger partial charge in [-0.1, -0.05) is 33.6 Å². The largest absolute Gasteiger partial charge is 0.344 e. The first-order valence-electron chi connectivity index (χ1n) is 7.09. The van der Waals surface area contributed by atoms with Gasteiger partial charge in [-0.3, -0.25) is 9.59 Å². The zero-order chi connectivity index (χ0) is 13.7. The normalized spacial score (nSPS) is 26.8. The second kappa shape index (κ2) is 6.76. The summed E-state index contributed by atoms with van der Waals surface area (Å²) in [5.74, 6) is 0.573. The third-order valence-corrected chi connectivity index (χ3v) is 3.71. The van der Waals surface area contributed by atoms with Crippen molar-refractivity contribution in [3.63, 3.8) is 0 Å². The molecule has 4 heteroatoms. The number of nitrogens with one attached hydrogen (secondary N) is 1. The molecular formula is C14H26N2O2. The lowest BCUT2D eigenvalue weighted by atomic mass is 10.1. The molecule has 0 saturated carbocycles. The summed E-state index contributed by atoms with van der Waals surface area (Å²) < 4.78 is 0. The molecule has 1 heterocycles. The SMILES string of the molecule is CCCC1NC(=O)CC(C)N(CC(C)CC)C1=O. The van der Waals surface area contributed by atoms with Gasteiger partial charge in [-0.25, -0.2) is 0 Å². The molecule has 104 valence electrons. The van der Waals surface area contributed by atoms with Crippen LogP contribution in [0.3, 0.4) is 0 Å². The summed E-state index contributed by atoms with van der Waals surface area (Å²) in [6, 6.07) is -0.315. The van der Waals surface area contributed by atoms with E-state index < -0.39 is 0 Å². The van der Waals surface area contributed by atoms with Gasteiger partial charge in [0.1, 0.15) is 6.04 Å². The van der Waals surface area contributed by atoms with Gasteiger partial charge in [0.05, 0.1) is 0 Å². The average molecular weight is 254 g/mol. The maximum atomic E-state index is 12.5. The first kappa shape index (κ1) is 15.0. The molecule has 3 unspecified atom stereocenters. The summed E-state index contributed by atoms with van der Waals surface area (Å²) in [5, 5.41) is 2.85. The van der Waals surface area contributed by atoms with E-state index in [9.17, 15) is 9.59 Å². The van der Waals surface area contributed by atoms with Crippen LogP contribution in [0.5, 0.6) is 0 Å². The monoisotopic (exact) mass is 254 g/mol. The van der Waals surface area contributed by atoms with Gasteiger partial charge in [0, 0.05) is 19.0 Å². The van der Waals surface area contributed by atoms with Gasteiger partial charge < -0.3 is 10.2 Å². The molecule has 2 amide bonds. The Morgan fingerprint density at radius 1 is 1.39 bits per heavy atom. The quantitative estimate of drug-likeness (QED) is 0.815. The number of amides is 2. The van der Waals surface area contributed by atoms with Crippen molar-refractivity contribution in [1.29, 1.82) is 0 Å². The molecule has 1 aliphatic rings. The fourth-order valence-corrected chi connectivity index (χ4v) is 2.33. The van der Waals surface area contributed by atoms with Crippen LogP contribution in [0.4, 0.5) is 0 Å². The van der Waals surface area contributed by atoms with Crippen molar-refractivity contribution >= 4 is 11.8 Å². The van der Waals surface area contributed by atoms with E-state index in [0.717, 1.165) is 25.8 Å². The third kappa shape index (κ3) is 3.72. The molecule has 1 N–H and O–H groups in total. The van der Waals surface area contributed by atoms with E-state index in [4.69, 9.17) is 0 Å². The first-order chi connectivity index (χ1) is 8.49. The van der Waals surface area contributed by atoms with Crippen molar-refractivity contribution < 1.29 is 9.59 Å². The third-order valence-electron chi connectivity index (χ3n) is 3.71. The Balaban J connectivity index is 2.83. The van der Waals surface area contributed by atoms with Crippen LogP contribution in [-0.4, -0.2) is 35.3 Å². The standard InChI is InChI=1S/C14H26N2O2/c1-5-7-12-14(18)16(9-10(3)6-2)11(4)8-13(17)15-12/h10-12H,5-9H2,1-4H3,(H,15,17). The molecule has 0 aromatic heterocycles. The maximum Gasteiger partial charge on any atom is 0.245 e. The Kier molecular flexibility index (Phi) is 5.63. The van der Waals surface area contributed by atoms with Crippen LogP contribution in [0.15, 0.2) is 0 Å². The predicted octanol–water partition coefficient (Wildman–Crippen LogP) is 1.94. The van der Waals surface area contributed by atoms with Crippen molar-refractivity contribution in [1.82, 2.24) is 10.2 Å². The highest BCUT2D eigenvalue weighted by Gasteiger charge is 2.33. The van der Waals surface area contributed by atoms with Gasteiger partial charge in [0.25, 0.3) is 0 Å². The zero-order valence-corrected chi connectivity index (χ0v) is 12.0. The topological polar surface area (TPSA) is 49.4 Å². The summed E-state index contributed by atoms with van der Waals surface area (Å²) in [6.45, 7) is 9.03. The van der Waals surface area contributed by atoms with Crippen molar-refractivity contribution in [2.24, 2.45) is 5.92 Å². The van der Waals surface area contributed by atoms with Gasteiger partial charge in [-0.2, -0.15) is 0 Å². The van der Waals surface area contributed by atoms with Crippen molar-refractivity contribution in [3.8, 4) is 0 Å². The molecule has 0 aliphatic carbocycles. The lowest BCUT2D eigenvalue weighted by Crippen LogP contribution is -2.47. The van der Waals surface area contributed by atoms with Gasteiger partial charge in [-0.15, -0.1) is 0 Å². The van der Waals surface area contributed by atoms with Crippen LogP contribution in [0.1, 0.15) is 53.4 Å². The Bertz CT molecular complexity index is 304. The van der Waals surface area contributed by atoms with E-state index in [1.165, 1.54) is 0 Å². The molecule has 1 fully saturated rings. The number of rotatable bonds is 5. The second-order valence-corrected chi connectivity index (χ2v) is 5.47. The Labute approximate surface area is 110 Å². The predicted molar refractivity (Wildman–Crippen MR) is 72.1 cm³/mol. The average Bonchev–Trinajstić information content (AvgIpc) is 2.41. The van der Waals surface area contributed by atoms with Gasteiger partial charge >= 0.3 is 0 Å². The Hall–Kier alpha value is -1.06. The van der Waals surface area contributed by atoms with E-state index in [1.54, 1.807) is 0 Å². The van der Waals surface area contributed by atoms with E-state index in [1.807, 2.05) is 18.7 Å². The molecular weight excluding hydrogens is 228 g/mol. The molecule has 1 rings (SSSR count). The lowest BCUT2D eigenvalue weighted by Gasteiger charge is -2.31. The van der Waals surface area contributed by atoms with Crippen LogP contribution in [0.25, 0.3) is 0 Å². The Morgan fingerprint density at radius 2 is 2.06 bits per heavy atom. The Morgan fingerprint density at radius 3 is 2.61 bits per heavy atom. The van der Waals surface area contributed by atoms with E-state index >= 15 is 0 Å². The smallest absolute Gasteiger partial charge is 0.245 e. The number of hydrogen-bond acceptors (Lipinski definition) is 2. The molecule has 4 nitrogen and oxygen atoms in total. The molecule has 3 atom stereocenters. The molecule has 1 saturated heterocycles. The number of nitrogens with zero attached hydrogens (tertiary/aromatic N) is 1. The number of carbonyl (C=O) groups is 2. The molecule has 1 aliphatic heterocycles. The zero-order valence-electron chi connectivity index (χ0n) is 12.0. The molecule has 18 heavy (non-hydrogen) atoms. The highest BCUT2D eigenvalue weighted by molar-refractivity contribution is 5.90. The van der Waals surface area contributed by atoms with Gasteiger partial charge in [0.2, 0.25) is 11.8 Å². The van der Waals surface area contributed by atoms with Gasteiger partial charge in [-0.05, 0) is 19.3 Å². The molecule has 0 spiro atoms. The van der Waals surface area contributed by atoms with Gasteiger partial charge in [0.15, 0.2) is 0 Å². The summed E-state index contributed by atoms with van der Waals surface area (Å²) >= 11 is 0. The van der Waals surface area contributed by atoms with Crippen molar-refractivity contribution in [2.45, 2.75) is 65.5 Å². The minimum Gasteiger partial charge on any atom is -0.344 e. The first-order valence-corrected chi connectivity index (χ1v) is 7.09. The van der Waals surface area contributed by atoms with Crippen LogP contribution < -0.4 is 5.32 Å². The fraction of sp³-hybridized carbons (Fsp3) is 0.857. The van der Waals surface area contributed by atoms with E-state index in [-0.39, 0.29) is 23.9 Å². The fourth-order valence-electron chi connectivity index (χ4n) is 2.33. The minimum atomic E-state index is -0.323. The van der Waals surface area contributed by atoms with Crippen molar-refractivity contribution in [2.75, 3.05) is 6.54 Å². The second-order valence-electron chi connectivity index (χ2n) is 5.47. The van der Waals surface area contributed by atoms with Crippen LogP contribution >= 0.6 is 0 Å². The highest BCUT2D eigenvalue weighted by atomic mass is 16.2. The summed E-state index contributed by atoms with van der Waals surface area (Å²) in [4.78, 5) is 26.1. The number of hydrogen-bond donors (Lipinski definition) is 1. The van der Waals surface area contributed by atoms with Crippen molar-refractivity contribution in [3.05, 3.63) is 0 Å². The summed E-state index contributed by atoms with van der Waals surface area (Å²) in [6.07, 6.45) is 3.11. The van der Waals surface area contributed by atoms with E-state index in [2.05, 4.69) is 19.2 Å². The molecule has 0 bridgehead atoms. The molecule has 0 aromatic carbocycles. The summed E-state index contributed by atoms with van der Waals surface area (Å²) in [7, 11) is 0. The van der Waals surface area contributed by atoms with E-state index in [0.29, 0.717) is 12.3 Å². The summed E-state index contributed by atoms with van der Waals surface area (Å²) in [5.41, 5.74) is 0. The number of carbonyl (C=O) groups excluding carboxylic acids is 2. The minimum absolute atomic E-state index is 0.000881. The molecule has 0 radical (unpaired) electrons. The van der Waals surface area contributed by atoms with Crippen LogP contribution in [0, 0.1) is 5.92 Å². The highest BCUT2D eigenvalue weighted by Crippen LogP contribution is 2.17. The molecule has 0 aromatic rings. The maximum absolute atomic E-state index is 12.5. The van der Waals surface area contributed by atoms with Crippen LogP contribution in [0.2, 0.25) is 0 Å².